The predicted molar refractivity (Wildman–Crippen MR) is 31.3 cm³/mol. The largest absolute Gasteiger partial charge is 0.479 e. The second kappa shape index (κ2) is 2.53. The Bertz CT molecular complexity index is 214. The van der Waals surface area contributed by atoms with E-state index in [0.29, 0.717) is 0 Å². The van der Waals surface area contributed by atoms with E-state index in [1.165, 1.54) is 18.4 Å². The molecule has 0 bridgehead atoms. The van der Waals surface area contributed by atoms with Crippen molar-refractivity contribution in [3.63, 3.8) is 0 Å². The SMILES string of the molecule is O=C(O)[C@@H](O)c1ccco1. The number of carboxylic acid groups (broad SMARTS) is 1. The van der Waals surface area contributed by atoms with Gasteiger partial charge in [-0.2, -0.15) is 0 Å². The summed E-state index contributed by atoms with van der Waals surface area (Å²) in [5.41, 5.74) is 0. The molecule has 0 unspecified atom stereocenters. The number of hydrogen-bond acceptors (Lipinski definition) is 3. The van der Waals surface area contributed by atoms with E-state index in [1.807, 2.05) is 0 Å². The molecule has 0 radical (unpaired) electrons. The summed E-state index contributed by atoms with van der Waals surface area (Å²) in [4.78, 5) is 10.1. The molecule has 0 fully saturated rings. The van der Waals surface area contributed by atoms with Crippen molar-refractivity contribution in [3.05, 3.63) is 24.2 Å². The standard InChI is InChI=1S/C6H6O4/c7-5(6(8)9)4-2-1-3-10-4/h1-3,5,7H,(H,8,9)/t5-/m0/s1. The fourth-order valence-corrected chi connectivity index (χ4v) is 0.569. The molecule has 1 aromatic rings. The van der Waals surface area contributed by atoms with Crippen molar-refractivity contribution in [1.82, 2.24) is 0 Å². The van der Waals surface area contributed by atoms with Crippen molar-refractivity contribution in [2.75, 3.05) is 0 Å². The minimum atomic E-state index is -1.55. The number of furan rings is 1. The maximum absolute atomic E-state index is 10.1. The molecule has 0 aliphatic heterocycles. The highest BCUT2D eigenvalue weighted by Gasteiger charge is 2.17. The number of aliphatic hydroxyl groups is 1. The van der Waals surface area contributed by atoms with Gasteiger partial charge in [0.2, 0.25) is 6.10 Å². The Morgan fingerprint density at radius 1 is 1.70 bits per heavy atom. The lowest BCUT2D eigenvalue weighted by molar-refractivity contribution is -0.147. The van der Waals surface area contributed by atoms with Crippen LogP contribution in [0, 0.1) is 0 Å². The number of aliphatic carboxylic acids is 1. The Labute approximate surface area is 56.7 Å². The normalized spacial score (nSPS) is 12.9. The Hall–Kier alpha value is -1.29. The number of rotatable bonds is 2. The lowest BCUT2D eigenvalue weighted by Crippen LogP contribution is -2.08. The number of aliphatic hydroxyl groups excluding tert-OH is 1. The van der Waals surface area contributed by atoms with Crippen LogP contribution in [0.3, 0.4) is 0 Å². The predicted octanol–water partition coefficient (Wildman–Crippen LogP) is 0.398. The first-order valence-electron chi connectivity index (χ1n) is 2.66. The molecule has 0 saturated heterocycles. The van der Waals surface area contributed by atoms with Crippen molar-refractivity contribution in [2.24, 2.45) is 0 Å². The highest BCUT2D eigenvalue weighted by Crippen LogP contribution is 2.11. The van der Waals surface area contributed by atoms with Crippen LogP contribution < -0.4 is 0 Å². The smallest absolute Gasteiger partial charge is 0.340 e. The molecule has 1 aromatic heterocycles. The number of hydrogen-bond donors (Lipinski definition) is 2. The Kier molecular flexibility index (Phi) is 1.73. The lowest BCUT2D eigenvalue weighted by atomic mass is 10.3. The third kappa shape index (κ3) is 1.16. The van der Waals surface area contributed by atoms with Gasteiger partial charge in [0.05, 0.1) is 6.26 Å². The van der Waals surface area contributed by atoms with Crippen molar-refractivity contribution >= 4 is 5.97 Å². The molecule has 0 saturated carbocycles. The molecule has 54 valence electrons. The second-order valence-corrected chi connectivity index (χ2v) is 1.76. The van der Waals surface area contributed by atoms with E-state index in [9.17, 15) is 4.79 Å². The highest BCUT2D eigenvalue weighted by molar-refractivity contribution is 5.72. The molecule has 0 spiro atoms. The van der Waals surface area contributed by atoms with Gasteiger partial charge < -0.3 is 14.6 Å². The molecule has 10 heavy (non-hydrogen) atoms. The fourth-order valence-electron chi connectivity index (χ4n) is 0.569. The van der Waals surface area contributed by atoms with Crippen molar-refractivity contribution < 1.29 is 19.4 Å². The molecule has 1 rings (SSSR count). The van der Waals surface area contributed by atoms with Crippen LogP contribution in [0.4, 0.5) is 0 Å². The summed E-state index contributed by atoms with van der Waals surface area (Å²) in [6.45, 7) is 0. The molecule has 0 amide bonds. The first-order valence-corrected chi connectivity index (χ1v) is 2.66. The summed E-state index contributed by atoms with van der Waals surface area (Å²) >= 11 is 0. The van der Waals surface area contributed by atoms with Gasteiger partial charge in [0.25, 0.3) is 0 Å². The lowest BCUT2D eigenvalue weighted by Gasteiger charge is -1.98. The van der Waals surface area contributed by atoms with Crippen molar-refractivity contribution in [2.45, 2.75) is 6.10 Å². The van der Waals surface area contributed by atoms with E-state index in [2.05, 4.69) is 4.42 Å². The summed E-state index contributed by atoms with van der Waals surface area (Å²) in [5, 5.41) is 17.0. The van der Waals surface area contributed by atoms with Gasteiger partial charge >= 0.3 is 5.97 Å². The molecule has 4 heteroatoms. The maximum Gasteiger partial charge on any atom is 0.340 e. The van der Waals surface area contributed by atoms with E-state index < -0.39 is 12.1 Å². The van der Waals surface area contributed by atoms with E-state index in [0.717, 1.165) is 0 Å². The molecular weight excluding hydrogens is 136 g/mol. The third-order valence-corrected chi connectivity index (χ3v) is 1.05. The Morgan fingerprint density at radius 3 is 2.80 bits per heavy atom. The zero-order valence-electron chi connectivity index (χ0n) is 5.02. The average Bonchev–Trinajstić information content (AvgIpc) is 2.36. The zero-order chi connectivity index (χ0) is 7.56. The first kappa shape index (κ1) is 6.82. The Balaban J connectivity index is 2.77. The Morgan fingerprint density at radius 2 is 2.40 bits per heavy atom. The number of carboxylic acids is 1. The molecule has 0 aliphatic rings. The van der Waals surface area contributed by atoms with E-state index in [-0.39, 0.29) is 5.76 Å². The van der Waals surface area contributed by atoms with E-state index >= 15 is 0 Å². The van der Waals surface area contributed by atoms with Gasteiger partial charge in [0.15, 0.2) is 0 Å². The van der Waals surface area contributed by atoms with Gasteiger partial charge in [0, 0.05) is 0 Å². The summed E-state index contributed by atoms with van der Waals surface area (Å²) in [6.07, 6.45) is -0.239. The second-order valence-electron chi connectivity index (χ2n) is 1.76. The van der Waals surface area contributed by atoms with Crippen LogP contribution in [-0.2, 0) is 4.79 Å². The molecule has 0 aromatic carbocycles. The minimum absolute atomic E-state index is 0.0486. The van der Waals surface area contributed by atoms with Gasteiger partial charge in [-0.25, -0.2) is 4.79 Å². The van der Waals surface area contributed by atoms with Crippen LogP contribution in [0.2, 0.25) is 0 Å². The molecule has 1 heterocycles. The molecule has 0 aliphatic carbocycles. The molecular formula is C6H6O4. The van der Waals surface area contributed by atoms with Gasteiger partial charge in [0.1, 0.15) is 5.76 Å². The summed E-state index contributed by atoms with van der Waals surface area (Å²) in [6, 6.07) is 2.92. The van der Waals surface area contributed by atoms with Crippen LogP contribution in [0.25, 0.3) is 0 Å². The summed E-state index contributed by atoms with van der Waals surface area (Å²) in [7, 11) is 0. The fraction of sp³-hybridized carbons (Fsp3) is 0.167. The summed E-state index contributed by atoms with van der Waals surface area (Å²) in [5.74, 6) is -1.26. The third-order valence-electron chi connectivity index (χ3n) is 1.05. The van der Waals surface area contributed by atoms with Crippen molar-refractivity contribution in [1.29, 1.82) is 0 Å². The monoisotopic (exact) mass is 142 g/mol. The van der Waals surface area contributed by atoms with Gasteiger partial charge in [-0.05, 0) is 12.1 Å². The van der Waals surface area contributed by atoms with Crippen molar-refractivity contribution in [3.8, 4) is 0 Å². The minimum Gasteiger partial charge on any atom is -0.479 e. The van der Waals surface area contributed by atoms with Crippen LogP contribution >= 0.6 is 0 Å². The molecule has 4 nitrogen and oxygen atoms in total. The first-order chi connectivity index (χ1) is 4.72. The van der Waals surface area contributed by atoms with E-state index in [4.69, 9.17) is 10.2 Å². The van der Waals surface area contributed by atoms with Crippen LogP contribution in [0.1, 0.15) is 11.9 Å². The summed E-state index contributed by atoms with van der Waals surface area (Å²) < 4.78 is 4.63. The number of carbonyl (C=O) groups is 1. The van der Waals surface area contributed by atoms with Gasteiger partial charge in [-0.15, -0.1) is 0 Å². The quantitative estimate of drug-likeness (QED) is 0.626. The van der Waals surface area contributed by atoms with Crippen LogP contribution in [-0.4, -0.2) is 16.2 Å². The molecule has 2 N–H and O–H groups in total. The molecule has 1 atom stereocenters. The average molecular weight is 142 g/mol. The highest BCUT2D eigenvalue weighted by atomic mass is 16.4. The van der Waals surface area contributed by atoms with Gasteiger partial charge in [-0.3, -0.25) is 0 Å². The van der Waals surface area contributed by atoms with Gasteiger partial charge in [-0.1, -0.05) is 0 Å². The van der Waals surface area contributed by atoms with E-state index in [1.54, 1.807) is 0 Å². The maximum atomic E-state index is 10.1. The topological polar surface area (TPSA) is 70.7 Å². The van der Waals surface area contributed by atoms with Crippen LogP contribution in [0.15, 0.2) is 22.8 Å². The van der Waals surface area contributed by atoms with Crippen LogP contribution in [0.5, 0.6) is 0 Å². The zero-order valence-corrected chi connectivity index (χ0v) is 5.02.